The molecule has 7 heavy (non-hydrogen) atoms. The van der Waals surface area contributed by atoms with Crippen LogP contribution in [0.3, 0.4) is 0 Å². The maximum Gasteiger partial charge on any atom is 0.152 e. The van der Waals surface area contributed by atoms with Crippen molar-refractivity contribution < 1.29 is 0 Å². The van der Waals surface area contributed by atoms with E-state index in [0.717, 1.165) is 6.54 Å². The van der Waals surface area contributed by atoms with Crippen molar-refractivity contribution in [3.8, 4) is 0 Å². The van der Waals surface area contributed by atoms with E-state index >= 15 is 0 Å². The molecule has 1 fully saturated rings. The molecule has 0 spiro atoms. The third kappa shape index (κ3) is 1.06. The van der Waals surface area contributed by atoms with Crippen molar-refractivity contribution in [2.75, 3.05) is 6.54 Å². The second-order valence-corrected chi connectivity index (χ2v) is 1.95. The third-order valence-electron chi connectivity index (χ3n) is 1.40. The standard InChI is InChI=1S/C5H10BN/c7-4-2-5-1-3-6-5/h2,6H,1,3-4,7H2/b5-2-. The first-order valence-corrected chi connectivity index (χ1v) is 2.81. The van der Waals surface area contributed by atoms with Crippen molar-refractivity contribution in [1.82, 2.24) is 0 Å². The first-order valence-electron chi connectivity index (χ1n) is 2.81. The zero-order valence-corrected chi connectivity index (χ0v) is 4.48. The van der Waals surface area contributed by atoms with E-state index in [0.29, 0.717) is 0 Å². The van der Waals surface area contributed by atoms with Gasteiger partial charge in [0.05, 0.1) is 0 Å². The predicted octanol–water partition coefficient (Wildman–Crippen LogP) is 0.0875. The van der Waals surface area contributed by atoms with E-state index in [1.54, 1.807) is 5.47 Å². The molecular weight excluding hydrogens is 84.9 g/mol. The fourth-order valence-corrected chi connectivity index (χ4v) is 0.752. The molecule has 1 nitrogen and oxygen atoms in total. The van der Waals surface area contributed by atoms with Crippen LogP contribution in [0.25, 0.3) is 0 Å². The quantitative estimate of drug-likeness (QED) is 0.459. The monoisotopic (exact) mass is 95.1 g/mol. The lowest BCUT2D eigenvalue weighted by atomic mass is 9.53. The lowest BCUT2D eigenvalue weighted by molar-refractivity contribution is 1.07. The van der Waals surface area contributed by atoms with E-state index in [9.17, 15) is 0 Å². The summed E-state index contributed by atoms with van der Waals surface area (Å²) >= 11 is 0. The van der Waals surface area contributed by atoms with E-state index < -0.39 is 0 Å². The summed E-state index contributed by atoms with van der Waals surface area (Å²) in [5.41, 5.74) is 6.82. The van der Waals surface area contributed by atoms with E-state index in [-0.39, 0.29) is 0 Å². The minimum atomic E-state index is 0.731. The Bertz CT molecular complexity index is 82.1. The summed E-state index contributed by atoms with van der Waals surface area (Å²) in [7, 11) is 1.30. The zero-order chi connectivity index (χ0) is 5.11. The molecule has 0 radical (unpaired) electrons. The number of hydrogen-bond acceptors (Lipinski definition) is 1. The maximum absolute atomic E-state index is 5.26. The molecule has 0 bridgehead atoms. The van der Waals surface area contributed by atoms with Crippen LogP contribution in [0.4, 0.5) is 0 Å². The Balaban J connectivity index is 2.23. The summed E-state index contributed by atoms with van der Waals surface area (Å²) in [4.78, 5) is 0. The van der Waals surface area contributed by atoms with Crippen LogP contribution in [0.1, 0.15) is 6.42 Å². The lowest BCUT2D eigenvalue weighted by Crippen LogP contribution is -2.10. The molecule has 1 aliphatic heterocycles. The summed E-state index contributed by atoms with van der Waals surface area (Å²) in [6, 6.07) is 0. The van der Waals surface area contributed by atoms with Crippen molar-refractivity contribution in [2.24, 2.45) is 5.73 Å². The molecule has 0 aromatic rings. The van der Waals surface area contributed by atoms with Gasteiger partial charge in [0.1, 0.15) is 0 Å². The van der Waals surface area contributed by atoms with Crippen molar-refractivity contribution in [3.05, 3.63) is 11.5 Å². The largest absolute Gasteiger partial charge is 0.327 e. The number of allylic oxidation sites excluding steroid dienone is 1. The van der Waals surface area contributed by atoms with Gasteiger partial charge in [0.2, 0.25) is 0 Å². The molecule has 0 aliphatic carbocycles. The molecule has 2 N–H and O–H groups in total. The van der Waals surface area contributed by atoms with Crippen LogP contribution in [-0.4, -0.2) is 13.8 Å². The lowest BCUT2D eigenvalue weighted by Gasteiger charge is -2.13. The third-order valence-corrected chi connectivity index (χ3v) is 1.40. The van der Waals surface area contributed by atoms with Crippen LogP contribution in [0.2, 0.25) is 6.32 Å². The highest BCUT2D eigenvalue weighted by molar-refractivity contribution is 6.49. The van der Waals surface area contributed by atoms with Crippen molar-refractivity contribution in [3.63, 3.8) is 0 Å². The topological polar surface area (TPSA) is 26.0 Å². The second kappa shape index (κ2) is 2.17. The van der Waals surface area contributed by atoms with Crippen LogP contribution >= 0.6 is 0 Å². The number of hydrogen-bond donors (Lipinski definition) is 1. The highest BCUT2D eigenvalue weighted by Crippen LogP contribution is 2.15. The summed E-state index contributed by atoms with van der Waals surface area (Å²) in [6.45, 7) is 0.731. The van der Waals surface area contributed by atoms with Crippen LogP contribution in [-0.2, 0) is 0 Å². The fraction of sp³-hybridized carbons (Fsp3) is 0.600. The summed E-state index contributed by atoms with van der Waals surface area (Å²) in [5, 5.41) is 0. The average Bonchev–Trinajstić information content (AvgIpc) is 1.55. The number of rotatable bonds is 1. The van der Waals surface area contributed by atoms with Gasteiger partial charge in [-0.25, -0.2) is 0 Å². The molecule has 0 unspecified atom stereocenters. The van der Waals surface area contributed by atoms with Crippen molar-refractivity contribution in [1.29, 1.82) is 0 Å². The molecule has 1 rings (SSSR count). The molecule has 0 aromatic heterocycles. The van der Waals surface area contributed by atoms with Crippen molar-refractivity contribution >= 4 is 7.28 Å². The van der Waals surface area contributed by atoms with Gasteiger partial charge >= 0.3 is 0 Å². The van der Waals surface area contributed by atoms with Crippen molar-refractivity contribution in [2.45, 2.75) is 12.7 Å². The molecule has 0 atom stereocenters. The highest BCUT2D eigenvalue weighted by atomic mass is 14.5. The minimum absolute atomic E-state index is 0.731. The Morgan fingerprint density at radius 3 is 2.71 bits per heavy atom. The number of nitrogens with two attached hydrogens (primary N) is 1. The zero-order valence-electron chi connectivity index (χ0n) is 4.48. The van der Waals surface area contributed by atoms with Crippen LogP contribution in [0, 0.1) is 0 Å². The first kappa shape index (κ1) is 4.91. The second-order valence-electron chi connectivity index (χ2n) is 1.95. The van der Waals surface area contributed by atoms with Crippen LogP contribution in [0.5, 0.6) is 0 Å². The van der Waals surface area contributed by atoms with Gasteiger partial charge < -0.3 is 5.73 Å². The maximum atomic E-state index is 5.26. The van der Waals surface area contributed by atoms with Gasteiger partial charge in [0, 0.05) is 6.54 Å². The molecule has 38 valence electrons. The van der Waals surface area contributed by atoms with Gasteiger partial charge in [-0.3, -0.25) is 0 Å². The molecule has 1 aliphatic rings. The summed E-state index contributed by atoms with van der Waals surface area (Å²) in [5.74, 6) is 0. The molecular formula is C5H10BN. The predicted molar refractivity (Wildman–Crippen MR) is 33.7 cm³/mol. The molecule has 2 heteroatoms. The SMILES string of the molecule is NC/C=C1\BCC1. The van der Waals surface area contributed by atoms with E-state index in [2.05, 4.69) is 6.08 Å². The highest BCUT2D eigenvalue weighted by Gasteiger charge is 2.07. The van der Waals surface area contributed by atoms with E-state index in [4.69, 9.17) is 5.73 Å². The Labute approximate surface area is 44.8 Å². The smallest absolute Gasteiger partial charge is 0.152 e. The van der Waals surface area contributed by atoms with E-state index in [1.165, 1.54) is 20.0 Å². The molecule has 1 heterocycles. The van der Waals surface area contributed by atoms with Gasteiger partial charge in [-0.1, -0.05) is 12.4 Å². The fourth-order valence-electron chi connectivity index (χ4n) is 0.752. The van der Waals surface area contributed by atoms with Gasteiger partial charge in [-0.15, -0.1) is 5.47 Å². The Morgan fingerprint density at radius 2 is 2.57 bits per heavy atom. The normalized spacial score (nSPS) is 23.9. The molecule has 1 saturated heterocycles. The van der Waals surface area contributed by atoms with Crippen LogP contribution in [0.15, 0.2) is 11.5 Å². The van der Waals surface area contributed by atoms with Gasteiger partial charge in [0.15, 0.2) is 7.28 Å². The Kier molecular flexibility index (Phi) is 1.52. The van der Waals surface area contributed by atoms with Gasteiger partial charge in [-0.2, -0.15) is 0 Å². The summed E-state index contributed by atoms with van der Waals surface area (Å²) < 4.78 is 0. The van der Waals surface area contributed by atoms with Gasteiger partial charge in [0.25, 0.3) is 0 Å². The van der Waals surface area contributed by atoms with Crippen LogP contribution < -0.4 is 5.73 Å². The molecule has 0 saturated carbocycles. The average molecular weight is 95.0 g/mol. The molecule has 0 aromatic carbocycles. The van der Waals surface area contributed by atoms with E-state index in [1.807, 2.05) is 0 Å². The van der Waals surface area contributed by atoms with Gasteiger partial charge in [-0.05, 0) is 6.42 Å². The summed E-state index contributed by atoms with van der Waals surface area (Å²) in [6.07, 6.45) is 4.81. The Hall–Kier alpha value is -0.235. The first-order chi connectivity index (χ1) is 3.43. The molecule has 0 amide bonds. The Morgan fingerprint density at radius 1 is 1.86 bits per heavy atom. The minimum Gasteiger partial charge on any atom is -0.327 e.